The van der Waals surface area contributed by atoms with Crippen LogP contribution in [-0.4, -0.2) is 6.66 Å². The van der Waals surface area contributed by atoms with Gasteiger partial charge in [0, 0.05) is 0 Å². The Morgan fingerprint density at radius 1 is 0.895 bits per heavy atom. The van der Waals surface area contributed by atoms with Crippen LogP contribution in [-0.2, 0) is 0 Å². The largest absolute Gasteiger partial charge is 0.141 e. The monoisotopic (exact) mass is 282 g/mol. The summed E-state index contributed by atoms with van der Waals surface area (Å²) in [7, 11) is 2.42. The van der Waals surface area contributed by atoms with Crippen LogP contribution in [0.25, 0.3) is 5.57 Å². The Kier molecular flexibility index (Phi) is 42.5. The standard InChI is InChI=1S/C11H12.3C2H6.CH5P/c1-3-10(4-2)11-8-6-5-7-9-11;4*1-2/h3-9H,1H2,2H3;3*1-2H3;2H2,1H3/b10-4+;;;;. The summed E-state index contributed by atoms with van der Waals surface area (Å²) in [4.78, 5) is 0. The maximum atomic E-state index is 3.74. The summed E-state index contributed by atoms with van der Waals surface area (Å²) in [6.07, 6.45) is 3.93. The minimum absolute atomic E-state index is 1.19. The Hall–Kier alpha value is -0.870. The van der Waals surface area contributed by atoms with Gasteiger partial charge < -0.3 is 0 Å². The smallest absolute Gasteiger partial charge is 0.0188 e. The summed E-state index contributed by atoms with van der Waals surface area (Å²) >= 11 is 0. The second-order valence-electron chi connectivity index (χ2n) is 2.31. The average Bonchev–Trinajstić information content (AvgIpc) is 2.57. The molecule has 0 aromatic heterocycles. The van der Waals surface area contributed by atoms with E-state index in [1.807, 2.05) is 79.4 Å². The summed E-state index contributed by atoms with van der Waals surface area (Å²) in [6, 6.07) is 10.2. The Labute approximate surface area is 125 Å². The molecule has 0 fully saturated rings. The summed E-state index contributed by atoms with van der Waals surface area (Å²) in [5, 5.41) is 0. The van der Waals surface area contributed by atoms with Crippen LogP contribution in [0.15, 0.2) is 49.1 Å². The van der Waals surface area contributed by atoms with Gasteiger partial charge in [-0.1, -0.05) is 97.3 Å². The fourth-order valence-electron chi connectivity index (χ4n) is 1.03. The second-order valence-corrected chi connectivity index (χ2v) is 2.31. The minimum atomic E-state index is 1.19. The third-order valence-corrected chi connectivity index (χ3v) is 1.64. The van der Waals surface area contributed by atoms with Gasteiger partial charge in [-0.05, 0) is 18.1 Å². The zero-order valence-electron chi connectivity index (χ0n) is 14.3. The van der Waals surface area contributed by atoms with Crippen LogP contribution in [0.2, 0.25) is 0 Å². The first kappa shape index (κ1) is 26.6. The van der Waals surface area contributed by atoms with E-state index in [2.05, 4.69) is 34.0 Å². The molecule has 1 atom stereocenters. The molecule has 0 N–H and O–H groups in total. The van der Waals surface area contributed by atoms with E-state index in [9.17, 15) is 0 Å². The number of allylic oxidation sites excluding steroid dienone is 3. The first-order chi connectivity index (χ1) is 9.38. The first-order valence-corrected chi connectivity index (χ1v) is 8.46. The Morgan fingerprint density at radius 2 is 1.26 bits per heavy atom. The fraction of sp³-hybridized carbons (Fsp3) is 0.444. The van der Waals surface area contributed by atoms with Gasteiger partial charge in [-0.3, -0.25) is 0 Å². The lowest BCUT2D eigenvalue weighted by atomic mass is 10.1. The second kappa shape index (κ2) is 30.3. The van der Waals surface area contributed by atoms with Crippen LogP contribution >= 0.6 is 9.24 Å². The van der Waals surface area contributed by atoms with Crippen LogP contribution in [0.5, 0.6) is 0 Å². The number of hydrogen-bond acceptors (Lipinski definition) is 0. The predicted octanol–water partition coefficient (Wildman–Crippen LogP) is 6.85. The van der Waals surface area contributed by atoms with E-state index in [4.69, 9.17) is 0 Å². The molecule has 0 saturated heterocycles. The van der Waals surface area contributed by atoms with E-state index >= 15 is 0 Å². The molecule has 0 aliphatic carbocycles. The molecule has 1 aromatic carbocycles. The van der Waals surface area contributed by atoms with E-state index in [1.54, 1.807) is 0 Å². The van der Waals surface area contributed by atoms with Gasteiger partial charge in [-0.2, -0.15) is 0 Å². The van der Waals surface area contributed by atoms with Crippen molar-refractivity contribution in [2.75, 3.05) is 6.66 Å². The van der Waals surface area contributed by atoms with Crippen molar-refractivity contribution < 1.29 is 0 Å². The van der Waals surface area contributed by atoms with Crippen LogP contribution in [0.1, 0.15) is 54.0 Å². The zero-order valence-corrected chi connectivity index (χ0v) is 15.5. The van der Waals surface area contributed by atoms with Crippen LogP contribution in [0, 0.1) is 0 Å². The van der Waals surface area contributed by atoms with Gasteiger partial charge in [0.25, 0.3) is 0 Å². The highest BCUT2D eigenvalue weighted by atomic mass is 31.0. The van der Waals surface area contributed by atoms with Crippen LogP contribution in [0.3, 0.4) is 0 Å². The molecule has 19 heavy (non-hydrogen) atoms. The normalized spacial score (nSPS) is 7.74. The van der Waals surface area contributed by atoms with Crippen molar-refractivity contribution in [3.63, 3.8) is 0 Å². The van der Waals surface area contributed by atoms with E-state index in [-0.39, 0.29) is 0 Å². The quantitative estimate of drug-likeness (QED) is 0.411. The van der Waals surface area contributed by atoms with Gasteiger partial charge in [0.2, 0.25) is 0 Å². The Bertz CT molecular complexity index is 260. The van der Waals surface area contributed by atoms with Crippen molar-refractivity contribution in [2.45, 2.75) is 48.5 Å². The topological polar surface area (TPSA) is 0 Å². The molecule has 112 valence electrons. The van der Waals surface area contributed by atoms with Crippen LogP contribution in [0.4, 0.5) is 0 Å². The van der Waals surface area contributed by atoms with E-state index in [0.29, 0.717) is 0 Å². The SMILES string of the molecule is C=C/C(=C\C)c1ccccc1.CC.CC.CC.CP. The van der Waals surface area contributed by atoms with Gasteiger partial charge >= 0.3 is 0 Å². The molecule has 0 nitrogen and oxygen atoms in total. The lowest BCUT2D eigenvalue weighted by Crippen LogP contribution is -1.76. The summed E-state index contributed by atoms with van der Waals surface area (Å²) in [5.41, 5.74) is 2.41. The molecule has 1 aromatic rings. The van der Waals surface area contributed by atoms with Crippen molar-refractivity contribution in [1.29, 1.82) is 0 Å². The number of benzene rings is 1. The van der Waals surface area contributed by atoms with Crippen molar-refractivity contribution >= 4 is 14.8 Å². The fourth-order valence-corrected chi connectivity index (χ4v) is 1.03. The molecule has 0 spiro atoms. The summed E-state index contributed by atoms with van der Waals surface area (Å²) < 4.78 is 0. The zero-order chi connectivity index (χ0) is 16.1. The maximum absolute atomic E-state index is 3.74. The van der Waals surface area contributed by atoms with Gasteiger partial charge in [0.1, 0.15) is 0 Å². The highest BCUT2D eigenvalue weighted by molar-refractivity contribution is 7.15. The lowest BCUT2D eigenvalue weighted by Gasteiger charge is -1.98. The molecule has 0 aliphatic rings. The molecular weight excluding hydrogens is 247 g/mol. The molecule has 0 heterocycles. The van der Waals surface area contributed by atoms with Crippen molar-refractivity contribution in [1.82, 2.24) is 0 Å². The van der Waals surface area contributed by atoms with E-state index < -0.39 is 0 Å². The number of hydrogen-bond donors (Lipinski definition) is 0. The predicted molar refractivity (Wildman–Crippen MR) is 100.0 cm³/mol. The minimum Gasteiger partial charge on any atom is -0.141 e. The summed E-state index contributed by atoms with van der Waals surface area (Å²) in [5.74, 6) is 0. The molecule has 0 saturated carbocycles. The Morgan fingerprint density at radius 3 is 1.53 bits per heavy atom. The third-order valence-electron chi connectivity index (χ3n) is 1.64. The Balaban J connectivity index is -0.000000121. The van der Waals surface area contributed by atoms with Crippen molar-refractivity contribution in [2.24, 2.45) is 0 Å². The number of rotatable bonds is 2. The van der Waals surface area contributed by atoms with Gasteiger partial charge in [-0.25, -0.2) is 0 Å². The molecule has 0 aliphatic heterocycles. The maximum Gasteiger partial charge on any atom is -0.0188 e. The van der Waals surface area contributed by atoms with E-state index in [0.717, 1.165) is 0 Å². The van der Waals surface area contributed by atoms with E-state index in [1.165, 1.54) is 11.1 Å². The summed E-state index contributed by atoms with van der Waals surface area (Å²) in [6.45, 7) is 19.7. The molecule has 1 heteroatoms. The highest BCUT2D eigenvalue weighted by Crippen LogP contribution is 2.13. The van der Waals surface area contributed by atoms with Crippen molar-refractivity contribution in [3.8, 4) is 0 Å². The average molecular weight is 282 g/mol. The molecule has 1 unspecified atom stereocenters. The van der Waals surface area contributed by atoms with Gasteiger partial charge in [-0.15, -0.1) is 9.24 Å². The van der Waals surface area contributed by atoms with Crippen molar-refractivity contribution in [3.05, 3.63) is 54.6 Å². The highest BCUT2D eigenvalue weighted by Gasteiger charge is 1.91. The van der Waals surface area contributed by atoms with Crippen LogP contribution < -0.4 is 0 Å². The first-order valence-electron chi connectivity index (χ1n) is 7.30. The molecule has 1 rings (SSSR count). The molecule has 0 radical (unpaired) electrons. The molecule has 0 amide bonds. The van der Waals surface area contributed by atoms with Gasteiger partial charge in [0.05, 0.1) is 0 Å². The third kappa shape index (κ3) is 17.1. The molecule has 0 bridgehead atoms. The van der Waals surface area contributed by atoms with Gasteiger partial charge in [0.15, 0.2) is 0 Å². The lowest BCUT2D eigenvalue weighted by molar-refractivity contribution is 1.50. The molecular formula is C18H35P.